The molecule has 2 aromatic carbocycles. The van der Waals surface area contributed by atoms with Gasteiger partial charge >= 0.3 is 11.9 Å². The maximum absolute atomic E-state index is 15.7. The van der Waals surface area contributed by atoms with Crippen LogP contribution in [0.3, 0.4) is 0 Å². The molecule has 14 nitrogen and oxygen atoms in total. The number of carboxylic acids is 1. The van der Waals surface area contributed by atoms with Crippen LogP contribution in [-0.2, 0) is 19.1 Å². The van der Waals surface area contributed by atoms with Crippen molar-refractivity contribution in [3.63, 3.8) is 0 Å². The van der Waals surface area contributed by atoms with E-state index in [1.165, 1.54) is 18.0 Å². The number of aromatic nitrogens is 1. The van der Waals surface area contributed by atoms with Crippen molar-refractivity contribution in [1.82, 2.24) is 19.7 Å². The fraction of sp³-hybridized carbons (Fsp3) is 0.382. The molecule has 2 saturated heterocycles. The summed E-state index contributed by atoms with van der Waals surface area (Å²) in [6.45, 7) is 3.81. The number of β-lactam (4-membered cyclic amide) rings is 1. The number of hydrogen-bond acceptors (Lipinski definition) is 11. The molecule has 4 aliphatic heterocycles. The third kappa shape index (κ3) is 5.91. The lowest BCUT2D eigenvalue weighted by Gasteiger charge is -2.49. The number of thioether (sulfide) groups is 1. The highest BCUT2D eigenvalue weighted by Gasteiger charge is 2.54. The molecular formula is C34H34FN5O9S. The molecule has 50 heavy (non-hydrogen) atoms. The number of para-hydroxylation sites is 1. The van der Waals surface area contributed by atoms with Gasteiger partial charge in [0.15, 0.2) is 18.2 Å². The van der Waals surface area contributed by atoms with Crippen LogP contribution in [0.15, 0.2) is 58.7 Å². The van der Waals surface area contributed by atoms with Crippen molar-refractivity contribution in [2.75, 3.05) is 63.7 Å². The Bertz CT molecular complexity index is 2000. The second-order valence-corrected chi connectivity index (χ2v) is 13.7. The van der Waals surface area contributed by atoms with Crippen molar-refractivity contribution in [1.29, 1.82) is 0 Å². The molecule has 1 aromatic heterocycles. The van der Waals surface area contributed by atoms with E-state index in [-0.39, 0.29) is 58.7 Å². The van der Waals surface area contributed by atoms with Crippen LogP contribution >= 0.6 is 11.8 Å². The van der Waals surface area contributed by atoms with Crippen molar-refractivity contribution >= 4 is 52.1 Å². The Hall–Kier alpha value is -5.09. The van der Waals surface area contributed by atoms with E-state index in [4.69, 9.17) is 14.2 Å². The number of benzene rings is 2. The van der Waals surface area contributed by atoms with Gasteiger partial charge in [0, 0.05) is 43.7 Å². The number of esters is 1. The normalized spacial score (nSPS) is 21.7. The minimum atomic E-state index is -1.41. The van der Waals surface area contributed by atoms with Gasteiger partial charge in [-0.1, -0.05) is 18.2 Å². The zero-order valence-electron chi connectivity index (χ0n) is 27.2. The van der Waals surface area contributed by atoms with Crippen LogP contribution in [0.2, 0.25) is 0 Å². The number of carboxylic acid groups (broad SMARTS) is 1. The Morgan fingerprint density at radius 3 is 2.58 bits per heavy atom. The molecule has 0 bridgehead atoms. The van der Waals surface area contributed by atoms with Crippen molar-refractivity contribution in [2.45, 2.75) is 24.4 Å². The largest absolute Gasteiger partial charge is 0.487 e. The van der Waals surface area contributed by atoms with E-state index < -0.39 is 53.0 Å². The fourth-order valence-corrected chi connectivity index (χ4v) is 7.91. The summed E-state index contributed by atoms with van der Waals surface area (Å²) in [7, 11) is 1.99. The minimum absolute atomic E-state index is 0.0358. The van der Waals surface area contributed by atoms with E-state index in [0.717, 1.165) is 24.1 Å². The lowest BCUT2D eigenvalue weighted by atomic mass is 10.0. The first-order valence-corrected chi connectivity index (χ1v) is 17.1. The smallest absolute Gasteiger partial charge is 0.352 e. The van der Waals surface area contributed by atoms with E-state index >= 15 is 4.39 Å². The van der Waals surface area contributed by atoms with Crippen molar-refractivity contribution in [3.8, 4) is 11.5 Å². The van der Waals surface area contributed by atoms with Crippen LogP contribution in [-0.4, -0.2) is 113 Å². The molecule has 0 radical (unpaired) electrons. The standard InChI is InChI=1S/C34H34FN5O9S/c1-18-14-48-30-27-21(12-23(35)28(30)38-10-8-37(2)9-11-38)29(42)22(13-39(18)27)34(46)49-15-19-17-50-32-25(31(43)40(32)26(19)33(44)45)36-24(41)16-47-20-6-4-3-5-7-20/h3-7,12-13,18,25,32H,8-11,14-17H2,1-2H3,(H,36,41)(H,44,45)/t18?,25-,32-/m1/s1. The van der Waals surface area contributed by atoms with Gasteiger partial charge < -0.3 is 39.0 Å². The molecule has 0 saturated carbocycles. The SMILES string of the molecule is CC1COc2c(N3CCN(C)CC3)c(F)cc3c(=O)c(C(=O)OCC4=C(C(=O)O)N5C(=O)[C@@H](NC(=O)COc6ccccc6)[C@H]5SC4)cn1c23. The fourth-order valence-electron chi connectivity index (χ4n) is 6.59. The number of halogens is 1. The average molecular weight is 708 g/mol. The maximum Gasteiger partial charge on any atom is 0.352 e. The van der Waals surface area contributed by atoms with Gasteiger partial charge in [0.1, 0.15) is 47.3 Å². The van der Waals surface area contributed by atoms with Crippen molar-refractivity contribution in [3.05, 3.63) is 75.5 Å². The third-order valence-electron chi connectivity index (χ3n) is 9.24. The Balaban J connectivity index is 1.09. The predicted octanol–water partition coefficient (Wildman–Crippen LogP) is 1.82. The van der Waals surface area contributed by atoms with Gasteiger partial charge in [0.25, 0.3) is 11.8 Å². The number of nitrogens with zero attached hydrogens (tertiary/aromatic N) is 4. The Morgan fingerprint density at radius 2 is 1.86 bits per heavy atom. The molecule has 2 fully saturated rings. The molecule has 0 spiro atoms. The Kier molecular flexibility index (Phi) is 8.90. The topological polar surface area (TPSA) is 160 Å². The third-order valence-corrected chi connectivity index (χ3v) is 10.6. The summed E-state index contributed by atoms with van der Waals surface area (Å²) in [5.74, 6) is -3.43. The summed E-state index contributed by atoms with van der Waals surface area (Å²) >= 11 is 1.20. The summed E-state index contributed by atoms with van der Waals surface area (Å²) in [4.78, 5) is 70.0. The number of fused-ring (bicyclic) bond motifs is 1. The van der Waals surface area contributed by atoms with Crippen molar-refractivity contribution in [2.24, 2.45) is 0 Å². The summed E-state index contributed by atoms with van der Waals surface area (Å²) in [5, 5.41) is 11.9. The second-order valence-electron chi connectivity index (χ2n) is 12.6. The van der Waals surface area contributed by atoms with Gasteiger partial charge in [-0.2, -0.15) is 0 Å². The quantitative estimate of drug-likeness (QED) is 0.246. The maximum atomic E-state index is 15.7. The first-order valence-electron chi connectivity index (χ1n) is 16.1. The van der Waals surface area contributed by atoms with Crippen LogP contribution in [0.5, 0.6) is 11.5 Å². The zero-order chi connectivity index (χ0) is 35.3. The molecule has 262 valence electrons. The van der Waals surface area contributed by atoms with Gasteiger partial charge in [0.2, 0.25) is 5.43 Å². The number of piperazine rings is 1. The first-order chi connectivity index (χ1) is 24.0. The monoisotopic (exact) mass is 707 g/mol. The number of anilines is 1. The first kappa shape index (κ1) is 33.4. The lowest BCUT2D eigenvalue weighted by Crippen LogP contribution is -2.71. The van der Waals surface area contributed by atoms with Crippen LogP contribution in [0.25, 0.3) is 10.9 Å². The highest BCUT2D eigenvalue weighted by atomic mass is 32.2. The number of likely N-dealkylation sites (N-methyl/N-ethyl adjacent to an activating group) is 1. The van der Waals surface area contributed by atoms with Crippen LogP contribution in [0.4, 0.5) is 10.1 Å². The summed E-state index contributed by atoms with van der Waals surface area (Å²) in [5.41, 5.74) is -0.630. The molecular weight excluding hydrogens is 673 g/mol. The van der Waals surface area contributed by atoms with Gasteiger partial charge in [0.05, 0.1) is 16.9 Å². The Morgan fingerprint density at radius 1 is 1.12 bits per heavy atom. The molecule has 7 rings (SSSR count). The molecule has 4 aliphatic rings. The van der Waals surface area contributed by atoms with E-state index in [1.54, 1.807) is 34.9 Å². The molecule has 16 heteroatoms. The van der Waals surface area contributed by atoms with E-state index in [1.807, 2.05) is 18.9 Å². The predicted molar refractivity (Wildman–Crippen MR) is 180 cm³/mol. The number of carbonyl (C=O) groups excluding carboxylic acids is 3. The molecule has 3 aromatic rings. The van der Waals surface area contributed by atoms with Gasteiger partial charge in [-0.3, -0.25) is 19.3 Å². The van der Waals surface area contributed by atoms with E-state index in [2.05, 4.69) is 10.2 Å². The number of carbonyl (C=O) groups is 4. The number of pyridine rings is 1. The zero-order valence-corrected chi connectivity index (χ0v) is 28.0. The lowest BCUT2D eigenvalue weighted by molar-refractivity contribution is -0.151. The molecule has 3 atom stereocenters. The van der Waals surface area contributed by atoms with Crippen LogP contribution in [0, 0.1) is 5.82 Å². The summed E-state index contributed by atoms with van der Waals surface area (Å²) in [6.07, 6.45) is 1.38. The van der Waals surface area contributed by atoms with Gasteiger partial charge in [-0.25, -0.2) is 14.0 Å². The van der Waals surface area contributed by atoms with Crippen LogP contribution < -0.4 is 25.1 Å². The van der Waals surface area contributed by atoms with Gasteiger partial charge in [-0.15, -0.1) is 11.8 Å². The van der Waals surface area contributed by atoms with Crippen molar-refractivity contribution < 1.29 is 42.9 Å². The highest BCUT2D eigenvalue weighted by molar-refractivity contribution is 8.00. The number of hydrogen-bond donors (Lipinski definition) is 2. The number of aliphatic carboxylic acids is 1. The molecule has 1 unspecified atom stereocenters. The highest BCUT2D eigenvalue weighted by Crippen LogP contribution is 2.43. The van der Waals surface area contributed by atoms with Gasteiger partial charge in [-0.05, 0) is 32.2 Å². The molecule has 5 heterocycles. The van der Waals surface area contributed by atoms with E-state index in [0.29, 0.717) is 24.4 Å². The van der Waals surface area contributed by atoms with Crippen LogP contribution in [0.1, 0.15) is 23.3 Å². The summed E-state index contributed by atoms with van der Waals surface area (Å²) < 4.78 is 34.3. The average Bonchev–Trinajstić information content (AvgIpc) is 3.11. The number of amides is 2. The Labute approximate surface area is 289 Å². The summed E-state index contributed by atoms with van der Waals surface area (Å²) in [6, 6.07) is 8.53. The molecule has 0 aliphatic carbocycles. The number of rotatable bonds is 9. The van der Waals surface area contributed by atoms with E-state index in [9.17, 15) is 29.1 Å². The number of nitrogens with one attached hydrogen (secondary N) is 1. The minimum Gasteiger partial charge on any atom is -0.487 e. The molecule has 2 N–H and O–H groups in total. The molecule has 2 amide bonds. The number of ether oxygens (including phenoxy) is 3. The second kappa shape index (κ2) is 13.3.